The molecule has 0 saturated carbocycles. The van der Waals surface area contributed by atoms with E-state index in [-0.39, 0.29) is 17.6 Å². The highest BCUT2D eigenvalue weighted by Gasteiger charge is 2.27. The van der Waals surface area contributed by atoms with Gasteiger partial charge in [-0.3, -0.25) is 19.1 Å². The number of rotatable bonds is 4. The third-order valence-electron chi connectivity index (χ3n) is 6.23. The first kappa shape index (κ1) is 19.6. The Morgan fingerprint density at radius 2 is 2.06 bits per heavy atom. The number of nitrogens with zero attached hydrogens (tertiary/aromatic N) is 4. The van der Waals surface area contributed by atoms with Gasteiger partial charge in [-0.25, -0.2) is 9.97 Å². The number of hydrogen-bond acceptors (Lipinski definition) is 6. The summed E-state index contributed by atoms with van der Waals surface area (Å²) in [5.41, 5.74) is 1.94. The van der Waals surface area contributed by atoms with Gasteiger partial charge in [0.05, 0.1) is 33.8 Å². The quantitative estimate of drug-likeness (QED) is 0.477. The SMILES string of the molecule is O=C(c1ccc2c(=O)n3c(nc2c1)CCC3)N(C[C@@H]1CCCO1)c1nc2ccccc2s1. The Balaban J connectivity index is 1.41. The zero-order chi connectivity index (χ0) is 21.7. The van der Waals surface area contributed by atoms with Gasteiger partial charge >= 0.3 is 0 Å². The Morgan fingerprint density at radius 1 is 1.16 bits per heavy atom. The number of carbonyl (C=O) groups excluding carboxylic acids is 1. The highest BCUT2D eigenvalue weighted by Crippen LogP contribution is 2.31. The summed E-state index contributed by atoms with van der Waals surface area (Å²) in [5.74, 6) is 0.651. The maximum Gasteiger partial charge on any atom is 0.261 e. The number of aromatic nitrogens is 3. The molecule has 162 valence electrons. The van der Waals surface area contributed by atoms with Gasteiger partial charge in [-0.05, 0) is 49.6 Å². The smallest absolute Gasteiger partial charge is 0.261 e. The predicted octanol–water partition coefficient (Wildman–Crippen LogP) is 3.78. The van der Waals surface area contributed by atoms with Crippen LogP contribution in [0, 0.1) is 0 Å². The molecule has 7 nitrogen and oxygen atoms in total. The summed E-state index contributed by atoms with van der Waals surface area (Å²) in [6, 6.07) is 13.1. The first-order valence-electron chi connectivity index (χ1n) is 11.0. The molecule has 2 aliphatic heterocycles. The van der Waals surface area contributed by atoms with Crippen LogP contribution in [-0.2, 0) is 17.7 Å². The van der Waals surface area contributed by atoms with Crippen molar-refractivity contribution in [2.45, 2.75) is 38.3 Å². The summed E-state index contributed by atoms with van der Waals surface area (Å²) >= 11 is 1.50. The van der Waals surface area contributed by atoms with Crippen LogP contribution in [0.3, 0.4) is 0 Å². The summed E-state index contributed by atoms with van der Waals surface area (Å²) in [4.78, 5) is 37.6. The topological polar surface area (TPSA) is 77.3 Å². The zero-order valence-corrected chi connectivity index (χ0v) is 18.3. The Labute approximate surface area is 188 Å². The molecule has 4 aromatic rings. The summed E-state index contributed by atoms with van der Waals surface area (Å²) < 4.78 is 8.61. The van der Waals surface area contributed by atoms with Crippen molar-refractivity contribution in [3.05, 3.63) is 64.2 Å². The number of fused-ring (bicyclic) bond motifs is 3. The number of para-hydroxylation sites is 1. The van der Waals surface area contributed by atoms with Gasteiger partial charge in [-0.15, -0.1) is 0 Å². The van der Waals surface area contributed by atoms with Crippen LogP contribution in [0.4, 0.5) is 5.13 Å². The molecule has 0 spiro atoms. The fourth-order valence-corrected chi connectivity index (χ4v) is 5.56. The van der Waals surface area contributed by atoms with Crippen molar-refractivity contribution in [2.24, 2.45) is 0 Å². The van der Waals surface area contributed by atoms with Gasteiger partial charge in [0, 0.05) is 25.1 Å². The van der Waals surface area contributed by atoms with Crippen molar-refractivity contribution in [2.75, 3.05) is 18.1 Å². The number of benzene rings is 2. The third-order valence-corrected chi connectivity index (χ3v) is 7.29. The molecule has 0 N–H and O–H groups in total. The molecule has 4 heterocycles. The highest BCUT2D eigenvalue weighted by atomic mass is 32.1. The molecule has 2 aliphatic rings. The van der Waals surface area contributed by atoms with Gasteiger partial charge in [0.1, 0.15) is 5.82 Å². The zero-order valence-electron chi connectivity index (χ0n) is 17.5. The van der Waals surface area contributed by atoms with Gasteiger partial charge in [-0.1, -0.05) is 23.5 Å². The van der Waals surface area contributed by atoms with E-state index in [1.807, 2.05) is 24.3 Å². The molecular formula is C24H22N4O3S. The lowest BCUT2D eigenvalue weighted by atomic mass is 10.1. The molecule has 1 saturated heterocycles. The minimum absolute atomic E-state index is 0.00235. The molecule has 32 heavy (non-hydrogen) atoms. The van der Waals surface area contributed by atoms with E-state index in [0.717, 1.165) is 48.3 Å². The monoisotopic (exact) mass is 446 g/mol. The molecule has 0 bridgehead atoms. The van der Waals surface area contributed by atoms with Crippen molar-refractivity contribution in [1.29, 1.82) is 0 Å². The second kappa shape index (κ2) is 7.79. The van der Waals surface area contributed by atoms with Gasteiger partial charge in [-0.2, -0.15) is 0 Å². The summed E-state index contributed by atoms with van der Waals surface area (Å²) in [6.07, 6.45) is 3.65. The van der Waals surface area contributed by atoms with E-state index in [0.29, 0.717) is 34.7 Å². The number of hydrogen-bond donors (Lipinski definition) is 0. The van der Waals surface area contributed by atoms with Gasteiger partial charge in [0.25, 0.3) is 11.5 Å². The van der Waals surface area contributed by atoms with E-state index in [4.69, 9.17) is 9.72 Å². The van der Waals surface area contributed by atoms with Crippen LogP contribution in [0.25, 0.3) is 21.1 Å². The molecule has 2 aromatic carbocycles. The van der Waals surface area contributed by atoms with E-state index in [2.05, 4.69) is 4.98 Å². The van der Waals surface area contributed by atoms with Crippen LogP contribution in [0.1, 0.15) is 35.4 Å². The summed E-state index contributed by atoms with van der Waals surface area (Å²) in [6.45, 7) is 1.89. The number of amides is 1. The minimum atomic E-state index is -0.149. The van der Waals surface area contributed by atoms with E-state index in [1.54, 1.807) is 27.7 Å². The average Bonchev–Trinajstić information content (AvgIpc) is 3.57. The van der Waals surface area contributed by atoms with E-state index >= 15 is 0 Å². The van der Waals surface area contributed by atoms with Gasteiger partial charge in [0.15, 0.2) is 5.13 Å². The maximum absolute atomic E-state index is 13.7. The molecule has 1 amide bonds. The molecule has 0 aliphatic carbocycles. The molecule has 8 heteroatoms. The Kier molecular flexibility index (Phi) is 4.77. The fourth-order valence-electron chi connectivity index (χ4n) is 4.59. The molecule has 1 fully saturated rings. The van der Waals surface area contributed by atoms with Crippen LogP contribution >= 0.6 is 11.3 Å². The number of anilines is 1. The standard InChI is InChI=1S/C24H22N4O3S/c29-22(15-9-10-17-19(13-15)25-21-8-3-11-27(21)23(17)30)28(14-16-5-4-12-31-16)24-26-18-6-1-2-7-20(18)32-24/h1-2,6-7,9-10,13,16H,3-5,8,11-12,14H2/t16-/m0/s1. The largest absolute Gasteiger partial charge is 0.376 e. The first-order valence-corrected chi connectivity index (χ1v) is 11.8. The third kappa shape index (κ3) is 3.30. The number of aryl methyl sites for hydroxylation is 1. The lowest BCUT2D eigenvalue weighted by Gasteiger charge is -2.23. The molecule has 2 aromatic heterocycles. The number of ether oxygens (including phenoxy) is 1. The Hall–Kier alpha value is -3.10. The first-order chi connectivity index (χ1) is 15.7. The van der Waals surface area contributed by atoms with Crippen LogP contribution in [-0.4, -0.2) is 39.7 Å². The van der Waals surface area contributed by atoms with Crippen LogP contribution < -0.4 is 10.5 Å². The fraction of sp³-hybridized carbons (Fsp3) is 0.333. The molecular weight excluding hydrogens is 424 g/mol. The molecule has 6 rings (SSSR count). The number of thiazole rings is 1. The van der Waals surface area contributed by atoms with Crippen molar-refractivity contribution < 1.29 is 9.53 Å². The normalized spacial score (nSPS) is 17.8. The maximum atomic E-state index is 13.7. The minimum Gasteiger partial charge on any atom is -0.376 e. The van der Waals surface area contributed by atoms with E-state index < -0.39 is 0 Å². The van der Waals surface area contributed by atoms with E-state index in [9.17, 15) is 9.59 Å². The average molecular weight is 447 g/mol. The van der Waals surface area contributed by atoms with Crippen molar-refractivity contribution >= 4 is 43.5 Å². The second-order valence-electron chi connectivity index (χ2n) is 8.34. The number of carbonyl (C=O) groups is 1. The lowest BCUT2D eigenvalue weighted by molar-refractivity contribution is 0.0917. The summed E-state index contributed by atoms with van der Waals surface area (Å²) in [7, 11) is 0. The summed E-state index contributed by atoms with van der Waals surface area (Å²) in [5, 5.41) is 1.21. The highest BCUT2D eigenvalue weighted by molar-refractivity contribution is 7.22. The predicted molar refractivity (Wildman–Crippen MR) is 125 cm³/mol. The lowest BCUT2D eigenvalue weighted by Crippen LogP contribution is -2.37. The van der Waals surface area contributed by atoms with Crippen LogP contribution in [0.2, 0.25) is 0 Å². The Morgan fingerprint density at radius 3 is 2.91 bits per heavy atom. The van der Waals surface area contributed by atoms with Gasteiger partial charge < -0.3 is 4.74 Å². The van der Waals surface area contributed by atoms with E-state index in [1.165, 1.54) is 11.3 Å². The Bertz CT molecular complexity index is 1370. The molecule has 1 atom stereocenters. The second-order valence-corrected chi connectivity index (χ2v) is 9.34. The van der Waals surface area contributed by atoms with Crippen molar-refractivity contribution in [1.82, 2.24) is 14.5 Å². The van der Waals surface area contributed by atoms with Crippen LogP contribution in [0.15, 0.2) is 47.3 Å². The van der Waals surface area contributed by atoms with Crippen molar-refractivity contribution in [3.8, 4) is 0 Å². The van der Waals surface area contributed by atoms with Gasteiger partial charge in [0.2, 0.25) is 0 Å². The van der Waals surface area contributed by atoms with Crippen LogP contribution in [0.5, 0.6) is 0 Å². The van der Waals surface area contributed by atoms with Crippen molar-refractivity contribution in [3.63, 3.8) is 0 Å². The molecule has 0 unspecified atom stereocenters. The molecule has 0 radical (unpaired) electrons.